The molecule has 2 nitrogen and oxygen atoms in total. The van der Waals surface area contributed by atoms with Crippen molar-refractivity contribution in [2.75, 3.05) is 24.5 Å². The van der Waals surface area contributed by atoms with E-state index < -0.39 is 0 Å². The van der Waals surface area contributed by atoms with Gasteiger partial charge in [-0.25, -0.2) is 0 Å². The number of aryl methyl sites for hydroxylation is 2. The SMILES string of the molecule is Cc1ccc(N(Cc2ccccc2)CC2CNC2)c(C)c1. The van der Waals surface area contributed by atoms with Gasteiger partial charge in [0.15, 0.2) is 0 Å². The van der Waals surface area contributed by atoms with E-state index in [9.17, 15) is 0 Å². The number of nitrogens with zero attached hydrogens (tertiary/aromatic N) is 1. The molecule has 21 heavy (non-hydrogen) atoms. The molecule has 0 bridgehead atoms. The highest BCUT2D eigenvalue weighted by atomic mass is 15.1. The highest BCUT2D eigenvalue weighted by molar-refractivity contribution is 5.55. The highest BCUT2D eigenvalue weighted by Crippen LogP contribution is 2.25. The van der Waals surface area contributed by atoms with Gasteiger partial charge >= 0.3 is 0 Å². The van der Waals surface area contributed by atoms with Crippen molar-refractivity contribution in [3.05, 3.63) is 65.2 Å². The summed E-state index contributed by atoms with van der Waals surface area (Å²) in [4.78, 5) is 2.54. The molecule has 0 amide bonds. The van der Waals surface area contributed by atoms with Gasteiger partial charge in [0.1, 0.15) is 0 Å². The summed E-state index contributed by atoms with van der Waals surface area (Å²) in [6.07, 6.45) is 0. The molecule has 2 aromatic carbocycles. The maximum atomic E-state index is 3.38. The second-order valence-electron chi connectivity index (χ2n) is 6.18. The van der Waals surface area contributed by atoms with Crippen molar-refractivity contribution in [2.24, 2.45) is 5.92 Å². The van der Waals surface area contributed by atoms with E-state index >= 15 is 0 Å². The van der Waals surface area contributed by atoms with Crippen LogP contribution >= 0.6 is 0 Å². The summed E-state index contributed by atoms with van der Waals surface area (Å²) in [5.74, 6) is 0.773. The Morgan fingerprint density at radius 2 is 1.81 bits per heavy atom. The van der Waals surface area contributed by atoms with Crippen molar-refractivity contribution in [2.45, 2.75) is 20.4 Å². The molecule has 1 heterocycles. The first-order chi connectivity index (χ1) is 10.2. The topological polar surface area (TPSA) is 15.3 Å². The molecule has 0 unspecified atom stereocenters. The summed E-state index contributed by atoms with van der Waals surface area (Å²) in [5.41, 5.74) is 5.46. The fourth-order valence-corrected chi connectivity index (χ4v) is 3.00. The molecule has 0 radical (unpaired) electrons. The number of anilines is 1. The minimum atomic E-state index is 0.773. The summed E-state index contributed by atoms with van der Waals surface area (Å²) in [7, 11) is 0. The Kier molecular flexibility index (Phi) is 4.26. The lowest BCUT2D eigenvalue weighted by molar-refractivity contribution is 0.348. The minimum Gasteiger partial charge on any atom is -0.367 e. The predicted molar refractivity (Wildman–Crippen MR) is 89.8 cm³/mol. The van der Waals surface area contributed by atoms with Gasteiger partial charge in [0.25, 0.3) is 0 Å². The van der Waals surface area contributed by atoms with Crippen LogP contribution in [0.4, 0.5) is 5.69 Å². The Morgan fingerprint density at radius 3 is 2.43 bits per heavy atom. The van der Waals surface area contributed by atoms with E-state index in [1.165, 1.54) is 22.4 Å². The Morgan fingerprint density at radius 1 is 1.05 bits per heavy atom. The molecule has 110 valence electrons. The van der Waals surface area contributed by atoms with Gasteiger partial charge in [-0.3, -0.25) is 0 Å². The van der Waals surface area contributed by atoms with Gasteiger partial charge in [0.2, 0.25) is 0 Å². The maximum absolute atomic E-state index is 3.38. The van der Waals surface area contributed by atoms with Crippen LogP contribution in [-0.2, 0) is 6.54 Å². The van der Waals surface area contributed by atoms with Crippen molar-refractivity contribution in [1.82, 2.24) is 5.32 Å². The lowest BCUT2D eigenvalue weighted by atomic mass is 10.0. The number of nitrogens with one attached hydrogen (secondary N) is 1. The summed E-state index contributed by atoms with van der Waals surface area (Å²) < 4.78 is 0. The average Bonchev–Trinajstić information content (AvgIpc) is 2.43. The summed E-state index contributed by atoms with van der Waals surface area (Å²) in [6, 6.07) is 17.6. The zero-order chi connectivity index (χ0) is 14.7. The fourth-order valence-electron chi connectivity index (χ4n) is 3.00. The Balaban J connectivity index is 1.83. The van der Waals surface area contributed by atoms with E-state index in [1.807, 2.05) is 0 Å². The van der Waals surface area contributed by atoms with E-state index in [4.69, 9.17) is 0 Å². The molecule has 0 saturated carbocycles. The van der Waals surface area contributed by atoms with Crippen LogP contribution in [0.3, 0.4) is 0 Å². The third-order valence-electron chi connectivity index (χ3n) is 4.25. The zero-order valence-electron chi connectivity index (χ0n) is 13.0. The third kappa shape index (κ3) is 3.45. The number of benzene rings is 2. The van der Waals surface area contributed by atoms with Crippen molar-refractivity contribution < 1.29 is 0 Å². The number of hydrogen-bond donors (Lipinski definition) is 1. The van der Waals surface area contributed by atoms with Crippen molar-refractivity contribution in [3.63, 3.8) is 0 Å². The van der Waals surface area contributed by atoms with E-state index in [0.717, 1.165) is 32.1 Å². The van der Waals surface area contributed by atoms with E-state index in [2.05, 4.69) is 72.6 Å². The van der Waals surface area contributed by atoms with Gasteiger partial charge in [0, 0.05) is 37.8 Å². The number of hydrogen-bond acceptors (Lipinski definition) is 2. The van der Waals surface area contributed by atoms with Gasteiger partial charge in [0.05, 0.1) is 0 Å². The Labute approximate surface area is 127 Å². The predicted octanol–water partition coefficient (Wildman–Crippen LogP) is 3.53. The minimum absolute atomic E-state index is 0.773. The van der Waals surface area contributed by atoms with Crippen LogP contribution in [-0.4, -0.2) is 19.6 Å². The fraction of sp³-hybridized carbons (Fsp3) is 0.368. The lowest BCUT2D eigenvalue weighted by Gasteiger charge is -2.35. The Bertz CT molecular complexity index is 588. The second-order valence-corrected chi connectivity index (χ2v) is 6.18. The van der Waals surface area contributed by atoms with Crippen LogP contribution in [0.5, 0.6) is 0 Å². The molecule has 0 aliphatic carbocycles. The summed E-state index contributed by atoms with van der Waals surface area (Å²) in [5, 5.41) is 3.38. The van der Waals surface area contributed by atoms with Crippen LogP contribution in [0.25, 0.3) is 0 Å². The van der Waals surface area contributed by atoms with Gasteiger partial charge in [-0.15, -0.1) is 0 Å². The summed E-state index contributed by atoms with van der Waals surface area (Å²) in [6.45, 7) is 8.80. The molecule has 1 aliphatic heterocycles. The second kappa shape index (κ2) is 6.31. The van der Waals surface area contributed by atoms with Gasteiger partial charge < -0.3 is 10.2 Å². The molecule has 0 aromatic heterocycles. The van der Waals surface area contributed by atoms with E-state index in [1.54, 1.807) is 0 Å². The summed E-state index contributed by atoms with van der Waals surface area (Å²) >= 11 is 0. The largest absolute Gasteiger partial charge is 0.367 e. The highest BCUT2D eigenvalue weighted by Gasteiger charge is 2.21. The van der Waals surface area contributed by atoms with Crippen molar-refractivity contribution in [1.29, 1.82) is 0 Å². The van der Waals surface area contributed by atoms with Crippen molar-refractivity contribution >= 4 is 5.69 Å². The molecular weight excluding hydrogens is 256 g/mol. The van der Waals surface area contributed by atoms with Crippen LogP contribution < -0.4 is 10.2 Å². The van der Waals surface area contributed by atoms with E-state index in [0.29, 0.717) is 0 Å². The zero-order valence-corrected chi connectivity index (χ0v) is 13.0. The van der Waals surface area contributed by atoms with Crippen LogP contribution in [0, 0.1) is 19.8 Å². The molecular formula is C19H24N2. The van der Waals surface area contributed by atoms with Crippen LogP contribution in [0.1, 0.15) is 16.7 Å². The Hall–Kier alpha value is -1.80. The van der Waals surface area contributed by atoms with Gasteiger partial charge in [-0.1, -0.05) is 48.0 Å². The molecule has 1 saturated heterocycles. The third-order valence-corrected chi connectivity index (χ3v) is 4.25. The molecule has 0 spiro atoms. The molecule has 1 N–H and O–H groups in total. The average molecular weight is 280 g/mol. The molecule has 3 rings (SSSR count). The van der Waals surface area contributed by atoms with Crippen LogP contribution in [0.2, 0.25) is 0 Å². The molecule has 2 aromatic rings. The molecule has 1 fully saturated rings. The lowest BCUT2D eigenvalue weighted by Crippen LogP contribution is -2.48. The van der Waals surface area contributed by atoms with Gasteiger partial charge in [-0.2, -0.15) is 0 Å². The monoisotopic (exact) mass is 280 g/mol. The molecule has 1 aliphatic rings. The molecule has 0 atom stereocenters. The first kappa shape index (κ1) is 14.2. The maximum Gasteiger partial charge on any atom is 0.0429 e. The number of rotatable bonds is 5. The first-order valence-electron chi connectivity index (χ1n) is 7.79. The first-order valence-corrected chi connectivity index (χ1v) is 7.79. The normalized spacial score (nSPS) is 14.8. The van der Waals surface area contributed by atoms with Gasteiger partial charge in [-0.05, 0) is 31.0 Å². The van der Waals surface area contributed by atoms with Crippen LogP contribution in [0.15, 0.2) is 48.5 Å². The standard InChI is InChI=1S/C19H24N2/c1-15-8-9-19(16(2)10-15)21(14-18-11-20-12-18)13-17-6-4-3-5-7-17/h3-10,18,20H,11-14H2,1-2H3. The molecule has 2 heteroatoms. The quantitative estimate of drug-likeness (QED) is 0.901. The smallest absolute Gasteiger partial charge is 0.0429 e. The van der Waals surface area contributed by atoms with Crippen molar-refractivity contribution in [3.8, 4) is 0 Å². The van der Waals surface area contributed by atoms with E-state index in [-0.39, 0.29) is 0 Å².